The summed E-state index contributed by atoms with van der Waals surface area (Å²) in [6.45, 7) is 5.00. The molecule has 0 aliphatic heterocycles. The van der Waals surface area contributed by atoms with Crippen molar-refractivity contribution in [3.05, 3.63) is 28.0 Å². The van der Waals surface area contributed by atoms with Crippen LogP contribution in [0.5, 0.6) is 5.75 Å². The number of ether oxygens (including phenoxy) is 1. The summed E-state index contributed by atoms with van der Waals surface area (Å²) in [7, 11) is 0. The van der Waals surface area contributed by atoms with E-state index in [4.69, 9.17) is 4.74 Å². The van der Waals surface area contributed by atoms with Crippen molar-refractivity contribution < 1.29 is 23.8 Å². The summed E-state index contributed by atoms with van der Waals surface area (Å²) in [6, 6.07) is 1.18. The first-order chi connectivity index (χ1) is 9.14. The van der Waals surface area contributed by atoms with Gasteiger partial charge in [-0.3, -0.25) is 0 Å². The van der Waals surface area contributed by atoms with Crippen molar-refractivity contribution in [1.82, 2.24) is 5.32 Å². The molecule has 1 atom stereocenters. The molecule has 0 bridgehead atoms. The van der Waals surface area contributed by atoms with E-state index in [-0.39, 0.29) is 5.56 Å². The molecule has 7 heteroatoms. The Morgan fingerprint density at radius 1 is 1.50 bits per heavy atom. The van der Waals surface area contributed by atoms with Crippen LogP contribution in [0.4, 0.5) is 9.18 Å². The third-order valence-electron chi connectivity index (χ3n) is 2.20. The fraction of sp³-hybridized carbons (Fsp3) is 0.385. The summed E-state index contributed by atoms with van der Waals surface area (Å²) in [5, 5.41) is 11.9. The van der Waals surface area contributed by atoms with Crippen LogP contribution in [0.2, 0.25) is 0 Å². The highest BCUT2D eigenvalue weighted by Crippen LogP contribution is 2.30. The predicted octanol–water partition coefficient (Wildman–Crippen LogP) is 3.06. The fourth-order valence-corrected chi connectivity index (χ4v) is 1.89. The van der Waals surface area contributed by atoms with Gasteiger partial charge in [0.25, 0.3) is 0 Å². The van der Waals surface area contributed by atoms with E-state index in [1.807, 2.05) is 0 Å². The van der Waals surface area contributed by atoms with E-state index in [1.54, 1.807) is 20.8 Å². The number of benzene rings is 1. The van der Waals surface area contributed by atoms with Gasteiger partial charge in [0.2, 0.25) is 0 Å². The number of rotatable bonds is 3. The second-order valence-corrected chi connectivity index (χ2v) is 6.00. The van der Waals surface area contributed by atoms with Gasteiger partial charge in [0.1, 0.15) is 17.9 Å². The van der Waals surface area contributed by atoms with Crippen molar-refractivity contribution in [2.75, 3.05) is 0 Å². The minimum atomic E-state index is -1.21. The molecule has 5 nitrogen and oxygen atoms in total. The second-order valence-electron chi connectivity index (χ2n) is 5.09. The van der Waals surface area contributed by atoms with Gasteiger partial charge in [-0.15, -0.1) is 0 Å². The fourth-order valence-electron chi connectivity index (χ4n) is 1.44. The van der Waals surface area contributed by atoms with Crippen LogP contribution < -0.4 is 5.32 Å². The number of aromatic hydroxyl groups is 1. The Kier molecular flexibility index (Phi) is 5.10. The number of phenols is 1. The van der Waals surface area contributed by atoms with E-state index in [0.717, 1.165) is 6.07 Å². The van der Waals surface area contributed by atoms with Gasteiger partial charge in [-0.2, -0.15) is 0 Å². The van der Waals surface area contributed by atoms with E-state index in [9.17, 15) is 19.1 Å². The Morgan fingerprint density at radius 3 is 2.60 bits per heavy atom. The molecule has 0 heterocycles. The van der Waals surface area contributed by atoms with Crippen molar-refractivity contribution in [3.63, 3.8) is 0 Å². The quantitative estimate of drug-likeness (QED) is 0.824. The summed E-state index contributed by atoms with van der Waals surface area (Å²) < 4.78 is 18.7. The number of aldehydes is 1. The molecule has 1 rings (SSSR count). The molecule has 1 aromatic rings. The van der Waals surface area contributed by atoms with Crippen molar-refractivity contribution in [1.29, 1.82) is 0 Å². The molecule has 1 amide bonds. The molecule has 0 radical (unpaired) electrons. The molecule has 1 unspecified atom stereocenters. The van der Waals surface area contributed by atoms with Crippen LogP contribution in [0.1, 0.15) is 32.4 Å². The van der Waals surface area contributed by atoms with Gasteiger partial charge in [-0.25, -0.2) is 9.18 Å². The number of hydrogen-bond donors (Lipinski definition) is 2. The summed E-state index contributed by atoms with van der Waals surface area (Å²) in [5.74, 6) is -1.59. The molecule has 20 heavy (non-hydrogen) atoms. The van der Waals surface area contributed by atoms with Gasteiger partial charge in [-0.05, 0) is 32.9 Å². The summed E-state index contributed by atoms with van der Waals surface area (Å²) in [4.78, 5) is 22.7. The molecule has 1 aromatic carbocycles. The number of amides is 1. The van der Waals surface area contributed by atoms with Gasteiger partial charge in [-0.1, -0.05) is 15.9 Å². The second kappa shape index (κ2) is 6.21. The molecular formula is C13H15BrFNO4. The molecule has 110 valence electrons. The first kappa shape index (κ1) is 16.4. The molecule has 0 aliphatic carbocycles. The zero-order valence-corrected chi connectivity index (χ0v) is 12.8. The average molecular weight is 348 g/mol. The minimum absolute atomic E-state index is 0.0577. The van der Waals surface area contributed by atoms with Crippen LogP contribution in [-0.4, -0.2) is 23.1 Å². The van der Waals surface area contributed by atoms with Gasteiger partial charge < -0.3 is 20.0 Å². The summed E-state index contributed by atoms with van der Waals surface area (Å²) in [6.07, 6.45) is -0.459. The Morgan fingerprint density at radius 2 is 2.10 bits per heavy atom. The zero-order chi connectivity index (χ0) is 15.5. The normalized spacial score (nSPS) is 12.7. The molecule has 0 spiro atoms. The Bertz CT molecular complexity index is 528. The SMILES string of the molecule is CC(C)(C)OC(=O)NC(C=O)c1cc(Br)cc(F)c1O. The number of hydrogen-bond acceptors (Lipinski definition) is 4. The highest BCUT2D eigenvalue weighted by Gasteiger charge is 2.23. The highest BCUT2D eigenvalue weighted by molar-refractivity contribution is 9.10. The number of nitrogens with one attached hydrogen (secondary N) is 1. The monoisotopic (exact) mass is 347 g/mol. The Hall–Kier alpha value is -1.63. The zero-order valence-electron chi connectivity index (χ0n) is 11.2. The molecule has 0 aliphatic rings. The smallest absolute Gasteiger partial charge is 0.408 e. The number of carbonyl (C=O) groups excluding carboxylic acids is 2. The topological polar surface area (TPSA) is 75.6 Å². The summed E-state index contributed by atoms with van der Waals surface area (Å²) >= 11 is 3.05. The van der Waals surface area contributed by atoms with Crippen LogP contribution in [0.15, 0.2) is 16.6 Å². The van der Waals surface area contributed by atoms with Crippen LogP contribution in [0.3, 0.4) is 0 Å². The molecule has 0 aromatic heterocycles. The molecule has 0 fully saturated rings. The first-order valence-electron chi connectivity index (χ1n) is 5.77. The number of halogens is 2. The van der Waals surface area contributed by atoms with Gasteiger partial charge in [0.05, 0.1) is 0 Å². The molecular weight excluding hydrogens is 333 g/mol. The van der Waals surface area contributed by atoms with Gasteiger partial charge >= 0.3 is 6.09 Å². The standard InChI is InChI=1S/C13H15BrFNO4/c1-13(2,3)20-12(19)16-10(6-17)8-4-7(14)5-9(15)11(8)18/h4-6,10,18H,1-3H3,(H,16,19). The van der Waals surface area contributed by atoms with Crippen LogP contribution in [-0.2, 0) is 9.53 Å². The van der Waals surface area contributed by atoms with Crippen LogP contribution >= 0.6 is 15.9 Å². The molecule has 0 saturated carbocycles. The van der Waals surface area contributed by atoms with Crippen molar-refractivity contribution in [2.45, 2.75) is 32.4 Å². The first-order valence-corrected chi connectivity index (χ1v) is 6.56. The third-order valence-corrected chi connectivity index (χ3v) is 2.66. The largest absolute Gasteiger partial charge is 0.505 e. The van der Waals surface area contributed by atoms with Crippen molar-refractivity contribution in [2.24, 2.45) is 0 Å². The van der Waals surface area contributed by atoms with Crippen molar-refractivity contribution >= 4 is 28.3 Å². The maximum absolute atomic E-state index is 13.4. The molecule has 2 N–H and O–H groups in total. The molecule has 0 saturated heterocycles. The van der Waals surface area contributed by atoms with Crippen LogP contribution in [0.25, 0.3) is 0 Å². The lowest BCUT2D eigenvalue weighted by Gasteiger charge is -2.22. The maximum Gasteiger partial charge on any atom is 0.408 e. The number of carbonyl (C=O) groups is 2. The lowest BCUT2D eigenvalue weighted by atomic mass is 10.1. The van der Waals surface area contributed by atoms with Crippen molar-refractivity contribution in [3.8, 4) is 5.75 Å². The van der Waals surface area contributed by atoms with Gasteiger partial charge in [0.15, 0.2) is 11.6 Å². The van der Waals surface area contributed by atoms with E-state index >= 15 is 0 Å². The van der Waals surface area contributed by atoms with E-state index in [2.05, 4.69) is 21.2 Å². The number of phenolic OH excluding ortho intramolecular Hbond substituents is 1. The van der Waals surface area contributed by atoms with Crippen LogP contribution in [0, 0.1) is 5.82 Å². The lowest BCUT2D eigenvalue weighted by Crippen LogP contribution is -2.35. The minimum Gasteiger partial charge on any atom is -0.505 e. The predicted molar refractivity (Wildman–Crippen MR) is 73.9 cm³/mol. The highest BCUT2D eigenvalue weighted by atomic mass is 79.9. The number of alkyl carbamates (subject to hydrolysis) is 1. The third kappa shape index (κ3) is 4.48. The Labute approximate surface area is 124 Å². The van der Waals surface area contributed by atoms with E-state index in [1.165, 1.54) is 6.07 Å². The Balaban J connectivity index is 2.98. The van der Waals surface area contributed by atoms with E-state index < -0.39 is 29.3 Å². The lowest BCUT2D eigenvalue weighted by molar-refractivity contribution is -0.109. The van der Waals surface area contributed by atoms with Gasteiger partial charge in [0, 0.05) is 10.0 Å². The summed E-state index contributed by atoms with van der Waals surface area (Å²) in [5.41, 5.74) is -0.792. The maximum atomic E-state index is 13.4. The average Bonchev–Trinajstić information content (AvgIpc) is 2.28. The van der Waals surface area contributed by atoms with E-state index in [0.29, 0.717) is 10.8 Å².